The Morgan fingerprint density at radius 2 is 2.26 bits per heavy atom. The number of benzene rings is 1. The summed E-state index contributed by atoms with van der Waals surface area (Å²) >= 11 is 0. The van der Waals surface area contributed by atoms with E-state index in [-0.39, 0.29) is 11.9 Å². The van der Waals surface area contributed by atoms with Crippen LogP contribution in [0, 0.1) is 0 Å². The van der Waals surface area contributed by atoms with Gasteiger partial charge in [0.05, 0.1) is 12.0 Å². The minimum absolute atomic E-state index is 0.0595. The van der Waals surface area contributed by atoms with Gasteiger partial charge in [0.15, 0.2) is 0 Å². The third-order valence-corrected chi connectivity index (χ3v) is 4.65. The molecule has 3 N–H and O–H groups in total. The average Bonchev–Trinajstić information content (AvgIpc) is 3.20. The molecule has 0 bridgehead atoms. The zero-order valence-corrected chi connectivity index (χ0v) is 14.8. The number of aromatic amines is 1. The van der Waals surface area contributed by atoms with Crippen molar-refractivity contribution in [1.82, 2.24) is 19.9 Å². The average molecular weight is 363 g/mol. The first-order valence-corrected chi connectivity index (χ1v) is 8.94. The summed E-state index contributed by atoms with van der Waals surface area (Å²) in [7, 11) is 0. The highest BCUT2D eigenvalue weighted by Gasteiger charge is 2.34. The first kappa shape index (κ1) is 17.2. The lowest BCUT2D eigenvalue weighted by atomic mass is 9.96. The number of aromatic nitrogens is 3. The van der Waals surface area contributed by atoms with Gasteiger partial charge in [-0.3, -0.25) is 9.78 Å². The topological polar surface area (TPSA) is 97.1 Å². The molecular weight excluding hydrogens is 342 g/mol. The van der Waals surface area contributed by atoms with Crippen molar-refractivity contribution < 1.29 is 9.53 Å². The molecule has 138 valence electrons. The number of nitrogens with one attached hydrogen (secondary N) is 1. The first-order chi connectivity index (χ1) is 13.3. The molecule has 0 aliphatic carbocycles. The van der Waals surface area contributed by atoms with Gasteiger partial charge in [-0.1, -0.05) is 12.1 Å². The van der Waals surface area contributed by atoms with Gasteiger partial charge in [-0.2, -0.15) is 0 Å². The lowest BCUT2D eigenvalue weighted by Gasteiger charge is -2.35. The highest BCUT2D eigenvalue weighted by molar-refractivity contribution is 5.95. The molecule has 7 nitrogen and oxygen atoms in total. The minimum atomic E-state index is -0.269. The Bertz CT molecular complexity index is 925. The number of nitrogens with zero attached hydrogens (tertiary/aromatic N) is 3. The molecular formula is C20H21N5O2. The summed E-state index contributed by atoms with van der Waals surface area (Å²) < 4.78 is 5.57. The monoisotopic (exact) mass is 363 g/mol. The third kappa shape index (κ3) is 3.41. The Hall–Kier alpha value is -3.19. The van der Waals surface area contributed by atoms with Crippen molar-refractivity contribution in [3.63, 3.8) is 0 Å². The largest absolute Gasteiger partial charge is 0.492 e. The van der Waals surface area contributed by atoms with Crippen LogP contribution < -0.4 is 10.5 Å². The summed E-state index contributed by atoms with van der Waals surface area (Å²) in [5, 5.41) is 0. The molecule has 0 radical (unpaired) electrons. The maximum atomic E-state index is 13.3. The fourth-order valence-electron chi connectivity index (χ4n) is 3.43. The molecule has 0 spiro atoms. The summed E-state index contributed by atoms with van der Waals surface area (Å²) in [6.07, 6.45) is 5.93. The number of fused-ring (bicyclic) bond motifs is 1. The van der Waals surface area contributed by atoms with Gasteiger partial charge in [-0.05, 0) is 29.8 Å². The molecule has 1 atom stereocenters. The second-order valence-corrected chi connectivity index (χ2v) is 6.37. The smallest absolute Gasteiger partial charge is 0.254 e. The van der Waals surface area contributed by atoms with E-state index in [9.17, 15) is 4.79 Å². The van der Waals surface area contributed by atoms with E-state index in [1.54, 1.807) is 30.9 Å². The van der Waals surface area contributed by atoms with E-state index in [0.29, 0.717) is 31.0 Å². The highest BCUT2D eigenvalue weighted by Crippen LogP contribution is 2.34. The fraction of sp³-hybridized carbons (Fsp3) is 0.250. The van der Waals surface area contributed by atoms with Crippen molar-refractivity contribution in [2.24, 2.45) is 5.73 Å². The molecule has 1 aliphatic rings. The highest BCUT2D eigenvalue weighted by atomic mass is 16.5. The van der Waals surface area contributed by atoms with E-state index < -0.39 is 0 Å². The predicted octanol–water partition coefficient (Wildman–Crippen LogP) is 1.93. The van der Waals surface area contributed by atoms with Crippen LogP contribution in [0.1, 0.15) is 33.4 Å². The number of H-pyrrole nitrogens is 1. The van der Waals surface area contributed by atoms with Crippen LogP contribution in [-0.4, -0.2) is 45.5 Å². The molecule has 27 heavy (non-hydrogen) atoms. The molecule has 1 aliphatic heterocycles. The van der Waals surface area contributed by atoms with Crippen molar-refractivity contribution in [3.05, 3.63) is 77.6 Å². The summed E-state index contributed by atoms with van der Waals surface area (Å²) in [6.45, 7) is 1.44. The third-order valence-electron chi connectivity index (χ3n) is 4.65. The first-order valence-electron chi connectivity index (χ1n) is 8.94. The number of pyridine rings is 1. The SMILES string of the molecule is NCCOc1cccc(C(=O)N2CCc3[nH]cnc3[C@@H]2c2cccnc2)c1. The molecule has 0 saturated heterocycles. The summed E-state index contributed by atoms with van der Waals surface area (Å²) in [6, 6.07) is 10.8. The lowest BCUT2D eigenvalue weighted by Crippen LogP contribution is -2.40. The van der Waals surface area contributed by atoms with Crippen LogP contribution in [0.5, 0.6) is 5.75 Å². The van der Waals surface area contributed by atoms with E-state index >= 15 is 0 Å². The van der Waals surface area contributed by atoms with Gasteiger partial charge in [-0.15, -0.1) is 0 Å². The second kappa shape index (κ2) is 7.59. The number of carbonyl (C=O) groups is 1. The van der Waals surface area contributed by atoms with E-state index in [1.807, 2.05) is 29.2 Å². The number of amides is 1. The number of ether oxygens (including phenoxy) is 1. The maximum absolute atomic E-state index is 13.3. The van der Waals surface area contributed by atoms with Crippen molar-refractivity contribution in [3.8, 4) is 5.75 Å². The number of rotatable bonds is 5. The van der Waals surface area contributed by atoms with Crippen LogP contribution in [-0.2, 0) is 6.42 Å². The molecule has 3 heterocycles. The van der Waals surface area contributed by atoms with Crippen LogP contribution in [0.25, 0.3) is 0 Å². The zero-order chi connectivity index (χ0) is 18.6. The molecule has 0 fully saturated rings. The van der Waals surface area contributed by atoms with E-state index in [2.05, 4.69) is 15.0 Å². The van der Waals surface area contributed by atoms with Gasteiger partial charge in [0.2, 0.25) is 0 Å². The van der Waals surface area contributed by atoms with E-state index in [1.165, 1.54) is 0 Å². The molecule has 3 aromatic rings. The van der Waals surface area contributed by atoms with Crippen LogP contribution in [0.3, 0.4) is 0 Å². The molecule has 2 aromatic heterocycles. The van der Waals surface area contributed by atoms with E-state index in [0.717, 1.165) is 23.4 Å². The maximum Gasteiger partial charge on any atom is 0.254 e. The van der Waals surface area contributed by atoms with Crippen molar-refractivity contribution in [1.29, 1.82) is 0 Å². The molecule has 1 aromatic carbocycles. The Morgan fingerprint density at radius 3 is 3.07 bits per heavy atom. The summed E-state index contributed by atoms with van der Waals surface area (Å²) in [5.74, 6) is 0.581. The number of hydrogen-bond acceptors (Lipinski definition) is 5. The number of imidazole rings is 1. The van der Waals surface area contributed by atoms with Gasteiger partial charge >= 0.3 is 0 Å². The Balaban J connectivity index is 1.68. The molecule has 4 rings (SSSR count). The van der Waals surface area contributed by atoms with Crippen LogP contribution in [0.4, 0.5) is 0 Å². The number of nitrogens with two attached hydrogens (primary N) is 1. The molecule has 0 saturated carbocycles. The minimum Gasteiger partial charge on any atom is -0.492 e. The van der Waals surface area contributed by atoms with Gasteiger partial charge < -0.3 is 20.4 Å². The number of carbonyl (C=O) groups excluding carboxylic acids is 1. The van der Waals surface area contributed by atoms with Gasteiger partial charge in [0, 0.05) is 43.2 Å². The molecule has 1 amide bonds. The van der Waals surface area contributed by atoms with Crippen LogP contribution >= 0.6 is 0 Å². The van der Waals surface area contributed by atoms with Crippen molar-refractivity contribution >= 4 is 5.91 Å². The summed E-state index contributed by atoms with van der Waals surface area (Å²) in [4.78, 5) is 27.1. The Labute approximate surface area is 157 Å². The quantitative estimate of drug-likeness (QED) is 0.722. The van der Waals surface area contributed by atoms with Crippen molar-refractivity contribution in [2.45, 2.75) is 12.5 Å². The van der Waals surface area contributed by atoms with Crippen LogP contribution in [0.15, 0.2) is 55.1 Å². The Kier molecular flexibility index (Phi) is 4.84. The van der Waals surface area contributed by atoms with Gasteiger partial charge in [0.25, 0.3) is 5.91 Å². The fourth-order valence-corrected chi connectivity index (χ4v) is 3.43. The predicted molar refractivity (Wildman–Crippen MR) is 100 cm³/mol. The van der Waals surface area contributed by atoms with Crippen molar-refractivity contribution in [2.75, 3.05) is 19.7 Å². The Morgan fingerprint density at radius 1 is 1.33 bits per heavy atom. The summed E-state index contributed by atoms with van der Waals surface area (Å²) in [5.41, 5.74) is 8.95. The zero-order valence-electron chi connectivity index (χ0n) is 14.8. The van der Waals surface area contributed by atoms with Gasteiger partial charge in [-0.25, -0.2) is 4.98 Å². The molecule has 0 unspecified atom stereocenters. The normalized spacial score (nSPS) is 16.0. The second-order valence-electron chi connectivity index (χ2n) is 6.37. The number of hydrogen-bond donors (Lipinski definition) is 2. The lowest BCUT2D eigenvalue weighted by molar-refractivity contribution is 0.0690. The van der Waals surface area contributed by atoms with Gasteiger partial charge in [0.1, 0.15) is 18.4 Å². The van der Waals surface area contributed by atoms with E-state index in [4.69, 9.17) is 10.5 Å². The van der Waals surface area contributed by atoms with Crippen LogP contribution in [0.2, 0.25) is 0 Å². The standard InChI is InChI=1S/C20H21N5O2/c21-7-10-27-16-5-1-3-14(11-16)20(26)25-9-6-17-18(24-13-23-17)19(25)15-4-2-8-22-12-15/h1-5,8,11-13,19H,6-7,9-10,21H2,(H,23,24)/t19-/m0/s1. The molecule has 7 heteroatoms.